The van der Waals surface area contributed by atoms with Gasteiger partial charge in [-0.25, -0.2) is 0 Å². The van der Waals surface area contributed by atoms with E-state index in [4.69, 9.17) is 9.47 Å². The fraction of sp³-hybridized carbons (Fsp3) is 0.895. The molecule has 0 radical (unpaired) electrons. The molecular formula is C19H35BrO2. The minimum Gasteiger partial charge on any atom is -0.353 e. The van der Waals surface area contributed by atoms with Gasteiger partial charge in [-0.1, -0.05) is 54.1 Å². The van der Waals surface area contributed by atoms with E-state index in [1.165, 1.54) is 70.6 Å². The summed E-state index contributed by atoms with van der Waals surface area (Å²) in [6.45, 7) is 4.65. The SMILES string of the molecule is C=CCCCCCCCCC(CCCBr)OC1CCCCO1. The summed E-state index contributed by atoms with van der Waals surface area (Å²) in [5.74, 6) is 0. The Hall–Kier alpha value is 0.140. The highest BCUT2D eigenvalue weighted by Crippen LogP contribution is 2.21. The summed E-state index contributed by atoms with van der Waals surface area (Å²) in [6.07, 6.45) is 18.7. The predicted octanol–water partition coefficient (Wildman–Crippen LogP) is 6.38. The summed E-state index contributed by atoms with van der Waals surface area (Å²) in [7, 11) is 0. The molecule has 1 rings (SSSR count). The number of hydrogen-bond donors (Lipinski definition) is 0. The molecule has 0 aromatic rings. The Kier molecular flexibility index (Phi) is 13.5. The van der Waals surface area contributed by atoms with Crippen LogP contribution in [0.4, 0.5) is 0 Å². The molecular weight excluding hydrogens is 340 g/mol. The Bertz CT molecular complexity index is 252. The van der Waals surface area contributed by atoms with Gasteiger partial charge in [-0.3, -0.25) is 0 Å². The molecule has 1 heterocycles. The molecule has 1 aliphatic heterocycles. The zero-order chi connectivity index (χ0) is 15.9. The van der Waals surface area contributed by atoms with Crippen LogP contribution in [0.15, 0.2) is 12.7 Å². The summed E-state index contributed by atoms with van der Waals surface area (Å²) < 4.78 is 11.9. The van der Waals surface area contributed by atoms with E-state index in [0.29, 0.717) is 6.10 Å². The first kappa shape index (κ1) is 20.2. The molecule has 1 aliphatic rings. The number of hydrogen-bond acceptors (Lipinski definition) is 2. The van der Waals surface area contributed by atoms with Gasteiger partial charge in [0, 0.05) is 11.9 Å². The number of rotatable bonds is 14. The molecule has 2 atom stereocenters. The maximum Gasteiger partial charge on any atom is 0.157 e. The number of ether oxygens (including phenoxy) is 2. The van der Waals surface area contributed by atoms with Crippen molar-refractivity contribution in [2.75, 3.05) is 11.9 Å². The summed E-state index contributed by atoms with van der Waals surface area (Å²) in [5.41, 5.74) is 0. The molecule has 1 saturated heterocycles. The van der Waals surface area contributed by atoms with Crippen LogP contribution >= 0.6 is 15.9 Å². The van der Waals surface area contributed by atoms with E-state index >= 15 is 0 Å². The van der Waals surface area contributed by atoms with Crippen LogP contribution in [0.1, 0.15) is 83.5 Å². The van der Waals surface area contributed by atoms with Gasteiger partial charge in [0.05, 0.1) is 6.10 Å². The van der Waals surface area contributed by atoms with Crippen molar-refractivity contribution in [3.63, 3.8) is 0 Å². The molecule has 3 heteroatoms. The minimum atomic E-state index is 0.0629. The first-order chi connectivity index (χ1) is 10.9. The largest absolute Gasteiger partial charge is 0.353 e. The first-order valence-corrected chi connectivity index (χ1v) is 10.4. The minimum absolute atomic E-state index is 0.0629. The summed E-state index contributed by atoms with van der Waals surface area (Å²) in [5, 5.41) is 1.07. The first-order valence-electron chi connectivity index (χ1n) is 9.30. The molecule has 0 aliphatic carbocycles. The predicted molar refractivity (Wildman–Crippen MR) is 98.6 cm³/mol. The maximum atomic E-state index is 6.20. The number of unbranched alkanes of at least 4 members (excludes halogenated alkanes) is 6. The van der Waals surface area contributed by atoms with Crippen LogP contribution in [-0.4, -0.2) is 24.3 Å². The van der Waals surface area contributed by atoms with Gasteiger partial charge in [0.2, 0.25) is 0 Å². The van der Waals surface area contributed by atoms with Crippen LogP contribution in [0, 0.1) is 0 Å². The standard InChI is InChI=1S/C19H35BrO2/c1-2-3-4-5-6-7-8-9-13-18(14-12-16-20)22-19-15-10-11-17-21-19/h2,18-19H,1,3-17H2. The topological polar surface area (TPSA) is 18.5 Å². The van der Waals surface area contributed by atoms with Crippen molar-refractivity contribution in [3.05, 3.63) is 12.7 Å². The molecule has 130 valence electrons. The monoisotopic (exact) mass is 374 g/mol. The molecule has 22 heavy (non-hydrogen) atoms. The van der Waals surface area contributed by atoms with Crippen LogP contribution in [0.25, 0.3) is 0 Å². The number of alkyl halides is 1. The third-order valence-electron chi connectivity index (χ3n) is 4.33. The van der Waals surface area contributed by atoms with Gasteiger partial charge in [0.25, 0.3) is 0 Å². The molecule has 0 bridgehead atoms. The lowest BCUT2D eigenvalue weighted by molar-refractivity contribution is -0.190. The quantitative estimate of drug-likeness (QED) is 0.199. The van der Waals surface area contributed by atoms with Gasteiger partial charge in [0.1, 0.15) is 0 Å². The Balaban J connectivity index is 2.08. The smallest absolute Gasteiger partial charge is 0.157 e. The lowest BCUT2D eigenvalue weighted by atomic mass is 10.0. The van der Waals surface area contributed by atoms with Crippen molar-refractivity contribution in [3.8, 4) is 0 Å². The molecule has 0 aromatic heterocycles. The third kappa shape index (κ3) is 10.8. The van der Waals surface area contributed by atoms with Crippen molar-refractivity contribution in [2.45, 2.75) is 95.9 Å². The zero-order valence-corrected chi connectivity index (χ0v) is 15.8. The molecule has 2 nitrogen and oxygen atoms in total. The fourth-order valence-corrected chi connectivity index (χ4v) is 3.31. The van der Waals surface area contributed by atoms with E-state index in [1.807, 2.05) is 6.08 Å². The van der Waals surface area contributed by atoms with E-state index in [1.54, 1.807) is 0 Å². The summed E-state index contributed by atoms with van der Waals surface area (Å²) in [4.78, 5) is 0. The van der Waals surface area contributed by atoms with Gasteiger partial charge in [-0.05, 0) is 51.4 Å². The van der Waals surface area contributed by atoms with Crippen LogP contribution in [0.5, 0.6) is 0 Å². The number of allylic oxidation sites excluding steroid dienone is 1. The normalized spacial score (nSPS) is 20.0. The van der Waals surface area contributed by atoms with Gasteiger partial charge < -0.3 is 9.47 Å². The van der Waals surface area contributed by atoms with Crippen molar-refractivity contribution < 1.29 is 9.47 Å². The molecule has 0 spiro atoms. The summed E-state index contributed by atoms with van der Waals surface area (Å²) >= 11 is 3.53. The molecule has 0 saturated carbocycles. The average molecular weight is 375 g/mol. The van der Waals surface area contributed by atoms with Crippen LogP contribution in [-0.2, 0) is 9.47 Å². The molecule has 0 N–H and O–H groups in total. The second kappa shape index (κ2) is 14.7. The van der Waals surface area contributed by atoms with Gasteiger partial charge in [-0.15, -0.1) is 6.58 Å². The van der Waals surface area contributed by atoms with E-state index in [2.05, 4.69) is 22.5 Å². The highest BCUT2D eigenvalue weighted by atomic mass is 79.9. The van der Waals surface area contributed by atoms with Crippen LogP contribution in [0.2, 0.25) is 0 Å². The fourth-order valence-electron chi connectivity index (χ4n) is 2.99. The second-order valence-electron chi connectivity index (χ2n) is 6.37. The highest BCUT2D eigenvalue weighted by Gasteiger charge is 2.19. The van der Waals surface area contributed by atoms with E-state index < -0.39 is 0 Å². The van der Waals surface area contributed by atoms with Crippen LogP contribution in [0.3, 0.4) is 0 Å². The molecule has 0 aromatic carbocycles. The Morgan fingerprint density at radius 2 is 1.77 bits per heavy atom. The molecule has 0 amide bonds. The van der Waals surface area contributed by atoms with Crippen LogP contribution < -0.4 is 0 Å². The molecule has 2 unspecified atom stereocenters. The van der Waals surface area contributed by atoms with Crippen molar-refractivity contribution in [1.29, 1.82) is 0 Å². The summed E-state index contributed by atoms with van der Waals surface area (Å²) in [6, 6.07) is 0. The lowest BCUT2D eigenvalue weighted by Crippen LogP contribution is -2.28. The second-order valence-corrected chi connectivity index (χ2v) is 7.17. The average Bonchev–Trinajstić information content (AvgIpc) is 2.55. The van der Waals surface area contributed by atoms with Gasteiger partial charge in [0.15, 0.2) is 6.29 Å². The maximum absolute atomic E-state index is 6.20. The van der Waals surface area contributed by atoms with E-state index in [0.717, 1.165) is 24.8 Å². The third-order valence-corrected chi connectivity index (χ3v) is 4.89. The van der Waals surface area contributed by atoms with Gasteiger partial charge >= 0.3 is 0 Å². The van der Waals surface area contributed by atoms with Gasteiger partial charge in [-0.2, -0.15) is 0 Å². The number of halogens is 1. The zero-order valence-electron chi connectivity index (χ0n) is 14.2. The van der Waals surface area contributed by atoms with E-state index in [9.17, 15) is 0 Å². The van der Waals surface area contributed by atoms with E-state index in [-0.39, 0.29) is 6.29 Å². The highest BCUT2D eigenvalue weighted by molar-refractivity contribution is 9.09. The Labute approximate surface area is 146 Å². The molecule has 1 fully saturated rings. The van der Waals surface area contributed by atoms with Crippen molar-refractivity contribution >= 4 is 15.9 Å². The lowest BCUT2D eigenvalue weighted by Gasteiger charge is -2.28. The van der Waals surface area contributed by atoms with Crippen molar-refractivity contribution in [1.82, 2.24) is 0 Å². The Morgan fingerprint density at radius 1 is 1.05 bits per heavy atom. The Morgan fingerprint density at radius 3 is 2.45 bits per heavy atom. The van der Waals surface area contributed by atoms with Crippen molar-refractivity contribution in [2.24, 2.45) is 0 Å².